The number of hydrogen-bond donors (Lipinski definition) is 2. The number of oxime groups is 1. The fourth-order valence-corrected chi connectivity index (χ4v) is 4.28. The molecule has 0 spiro atoms. The highest BCUT2D eigenvalue weighted by atomic mass is 32.2. The van der Waals surface area contributed by atoms with Gasteiger partial charge in [-0.25, -0.2) is 4.79 Å². The fourth-order valence-electron chi connectivity index (χ4n) is 3.37. The van der Waals surface area contributed by atoms with E-state index in [0.717, 1.165) is 30.4 Å². The van der Waals surface area contributed by atoms with Gasteiger partial charge in [-0.15, -0.1) is 0 Å². The average Bonchev–Trinajstić information content (AvgIpc) is 2.77. The van der Waals surface area contributed by atoms with Gasteiger partial charge in [-0.05, 0) is 37.0 Å². The van der Waals surface area contributed by atoms with Gasteiger partial charge in [-0.2, -0.15) is 11.8 Å². The number of amides is 1. The van der Waals surface area contributed by atoms with Crippen molar-refractivity contribution in [3.05, 3.63) is 47.6 Å². The van der Waals surface area contributed by atoms with Crippen LogP contribution >= 0.6 is 11.8 Å². The Morgan fingerprint density at radius 2 is 1.88 bits per heavy atom. The minimum absolute atomic E-state index is 0.0215. The highest BCUT2D eigenvalue weighted by molar-refractivity contribution is 7.99. The summed E-state index contributed by atoms with van der Waals surface area (Å²) in [4.78, 5) is 32.0. The maximum Gasteiger partial charge on any atom is 0.342 e. The number of ether oxygens (including phenoxy) is 1. The molecule has 0 saturated carbocycles. The van der Waals surface area contributed by atoms with Gasteiger partial charge in [-0.1, -0.05) is 23.4 Å². The van der Waals surface area contributed by atoms with Crippen LogP contribution in [-0.4, -0.2) is 70.5 Å². The second kappa shape index (κ2) is 12.2. The molecule has 0 bridgehead atoms. The van der Waals surface area contributed by atoms with Gasteiger partial charge in [0.1, 0.15) is 17.1 Å². The number of phenolic OH excluding ortho intramolecular Hbond substituents is 2. The molecule has 0 aromatic heterocycles. The number of rotatable bonds is 3. The zero-order valence-corrected chi connectivity index (χ0v) is 18.7. The van der Waals surface area contributed by atoms with E-state index in [1.54, 1.807) is 11.0 Å². The Hall–Kier alpha value is -2.94. The van der Waals surface area contributed by atoms with Crippen molar-refractivity contribution in [3.8, 4) is 11.5 Å². The number of nitrogens with zero attached hydrogens (tertiary/aromatic N) is 2. The van der Waals surface area contributed by atoms with Crippen molar-refractivity contribution < 1.29 is 29.4 Å². The van der Waals surface area contributed by atoms with E-state index in [0.29, 0.717) is 30.8 Å². The van der Waals surface area contributed by atoms with Crippen molar-refractivity contribution in [3.63, 3.8) is 0 Å². The Kier molecular flexibility index (Phi) is 9.03. The summed E-state index contributed by atoms with van der Waals surface area (Å²) in [7, 11) is 0. The maximum absolute atomic E-state index is 12.6. The summed E-state index contributed by atoms with van der Waals surface area (Å²) in [6.07, 6.45) is 9.92. The van der Waals surface area contributed by atoms with Crippen LogP contribution in [0.3, 0.4) is 0 Å². The number of carbonyl (C=O) groups is 2. The number of benzene rings is 1. The summed E-state index contributed by atoms with van der Waals surface area (Å²) < 4.78 is 5.28. The van der Waals surface area contributed by atoms with Crippen LogP contribution in [0.5, 0.6) is 11.5 Å². The first kappa shape index (κ1) is 23.7. The van der Waals surface area contributed by atoms with Crippen LogP contribution in [0.15, 0.2) is 41.6 Å². The molecule has 8 nitrogen and oxygen atoms in total. The van der Waals surface area contributed by atoms with Crippen molar-refractivity contribution >= 4 is 29.4 Å². The number of phenols is 2. The topological polar surface area (TPSA) is 109 Å². The van der Waals surface area contributed by atoms with Crippen LogP contribution < -0.4 is 0 Å². The highest BCUT2D eigenvalue weighted by Crippen LogP contribution is 2.29. The summed E-state index contributed by atoms with van der Waals surface area (Å²) in [5, 5.41) is 24.3. The standard InChI is InChI=1S/C23H28N2O6S/c26-19-14-17-13-18(24-31-16-21(28)25-8-11-32-12-9-25)7-5-3-1-2-4-6-10-30-23(29)22(17)20(27)15-19/h2,4-5,7,14-15,26-27H,1,3,6,8-13,16H2. The Morgan fingerprint density at radius 3 is 2.69 bits per heavy atom. The average molecular weight is 461 g/mol. The summed E-state index contributed by atoms with van der Waals surface area (Å²) in [6.45, 7) is 1.41. The molecule has 1 saturated heterocycles. The number of cyclic esters (lactones) is 1. The van der Waals surface area contributed by atoms with Crippen molar-refractivity contribution in [1.29, 1.82) is 0 Å². The molecule has 9 heteroatoms. The molecule has 0 aliphatic carbocycles. The monoisotopic (exact) mass is 460 g/mol. The Balaban J connectivity index is 1.80. The number of aromatic hydroxyl groups is 2. The lowest BCUT2D eigenvalue weighted by Gasteiger charge is -2.25. The number of thioether (sulfide) groups is 1. The molecule has 1 fully saturated rings. The second-order valence-corrected chi connectivity index (χ2v) is 8.63. The number of hydrogen-bond acceptors (Lipinski definition) is 8. The number of carbonyl (C=O) groups excluding carboxylic acids is 2. The molecule has 1 aromatic carbocycles. The number of esters is 1. The quantitative estimate of drug-likeness (QED) is 0.405. The van der Waals surface area contributed by atoms with E-state index >= 15 is 0 Å². The SMILES string of the molecule is O=C1OCCC=CCCC=CC(=NOCC(=O)N2CCSCC2)Cc2cc(O)cc(O)c21. The second-order valence-electron chi connectivity index (χ2n) is 7.40. The molecule has 1 aromatic rings. The first-order chi connectivity index (χ1) is 15.5. The molecule has 172 valence electrons. The van der Waals surface area contributed by atoms with Gasteiger partial charge in [0.05, 0.1) is 12.3 Å². The van der Waals surface area contributed by atoms with Crippen LogP contribution in [0.1, 0.15) is 35.2 Å². The van der Waals surface area contributed by atoms with Crippen molar-refractivity contribution in [2.45, 2.75) is 25.7 Å². The van der Waals surface area contributed by atoms with E-state index in [-0.39, 0.29) is 42.6 Å². The van der Waals surface area contributed by atoms with Crippen LogP contribution in [-0.2, 0) is 20.8 Å². The van der Waals surface area contributed by atoms with Gasteiger partial charge in [0.25, 0.3) is 5.91 Å². The van der Waals surface area contributed by atoms with Crippen LogP contribution in [0.2, 0.25) is 0 Å². The third kappa shape index (κ3) is 7.05. The fraction of sp³-hybridized carbons (Fsp3) is 0.435. The zero-order valence-electron chi connectivity index (χ0n) is 17.9. The lowest BCUT2D eigenvalue weighted by atomic mass is 10.00. The van der Waals surface area contributed by atoms with Gasteiger partial charge in [-0.3, -0.25) is 4.79 Å². The zero-order chi connectivity index (χ0) is 22.8. The smallest absolute Gasteiger partial charge is 0.342 e. The lowest BCUT2D eigenvalue weighted by Crippen LogP contribution is -2.39. The normalized spacial score (nSPS) is 19.2. The summed E-state index contributed by atoms with van der Waals surface area (Å²) in [5.41, 5.74) is 0.783. The first-order valence-electron chi connectivity index (χ1n) is 10.6. The van der Waals surface area contributed by atoms with E-state index in [4.69, 9.17) is 9.57 Å². The summed E-state index contributed by atoms with van der Waals surface area (Å²) >= 11 is 1.82. The van der Waals surface area contributed by atoms with Gasteiger partial charge in [0.15, 0.2) is 6.61 Å². The van der Waals surface area contributed by atoms with Gasteiger partial charge in [0.2, 0.25) is 0 Å². The van der Waals surface area contributed by atoms with Crippen molar-refractivity contribution in [1.82, 2.24) is 4.90 Å². The minimum atomic E-state index is -0.676. The molecule has 0 unspecified atom stereocenters. The van der Waals surface area contributed by atoms with Crippen molar-refractivity contribution in [2.75, 3.05) is 37.8 Å². The molecule has 0 radical (unpaired) electrons. The predicted octanol–water partition coefficient (Wildman–Crippen LogP) is 3.04. The van der Waals surface area contributed by atoms with E-state index in [2.05, 4.69) is 5.16 Å². The van der Waals surface area contributed by atoms with Crippen LogP contribution in [0, 0.1) is 0 Å². The molecule has 2 aliphatic heterocycles. The molecule has 0 atom stereocenters. The summed E-state index contributed by atoms with van der Waals surface area (Å²) in [6, 6.07) is 2.49. The Morgan fingerprint density at radius 1 is 1.12 bits per heavy atom. The largest absolute Gasteiger partial charge is 0.508 e. The van der Waals surface area contributed by atoms with E-state index < -0.39 is 5.97 Å². The summed E-state index contributed by atoms with van der Waals surface area (Å²) in [5.74, 6) is 0.485. The third-order valence-electron chi connectivity index (χ3n) is 4.99. The Bertz CT molecular complexity index is 906. The molecule has 2 aliphatic rings. The molecule has 1 amide bonds. The van der Waals surface area contributed by atoms with Gasteiger partial charge >= 0.3 is 5.97 Å². The number of allylic oxidation sites excluding steroid dienone is 3. The number of fused-ring (bicyclic) bond motifs is 1. The molecule has 3 rings (SSSR count). The van der Waals surface area contributed by atoms with E-state index in [9.17, 15) is 19.8 Å². The first-order valence-corrected chi connectivity index (χ1v) is 11.8. The van der Waals surface area contributed by atoms with Crippen LogP contribution in [0.25, 0.3) is 0 Å². The minimum Gasteiger partial charge on any atom is -0.508 e. The van der Waals surface area contributed by atoms with E-state index in [1.165, 1.54) is 6.07 Å². The molecule has 2 heterocycles. The highest BCUT2D eigenvalue weighted by Gasteiger charge is 2.21. The van der Waals surface area contributed by atoms with Crippen LogP contribution in [0.4, 0.5) is 0 Å². The molecule has 32 heavy (non-hydrogen) atoms. The molecular formula is C23H28N2O6S. The van der Waals surface area contributed by atoms with E-state index in [1.807, 2.05) is 30.0 Å². The van der Waals surface area contributed by atoms with Gasteiger partial charge in [0, 0.05) is 37.1 Å². The van der Waals surface area contributed by atoms with Gasteiger partial charge < -0.3 is 24.7 Å². The third-order valence-corrected chi connectivity index (χ3v) is 5.93. The lowest BCUT2D eigenvalue weighted by molar-refractivity contribution is -0.135. The molecular weight excluding hydrogens is 432 g/mol. The van der Waals surface area contributed by atoms with Crippen molar-refractivity contribution in [2.24, 2.45) is 5.16 Å². The maximum atomic E-state index is 12.6. The Labute approximate surface area is 191 Å². The predicted molar refractivity (Wildman–Crippen MR) is 123 cm³/mol. The molecule has 2 N–H and O–H groups in total.